The van der Waals surface area contributed by atoms with E-state index in [9.17, 15) is 18.3 Å². The van der Waals surface area contributed by atoms with Crippen LogP contribution in [0.4, 0.5) is 0 Å². The minimum Gasteiger partial charge on any atom is -0.393 e. The number of thiophene rings is 1. The Labute approximate surface area is 128 Å². The zero-order valence-electron chi connectivity index (χ0n) is 11.9. The summed E-state index contributed by atoms with van der Waals surface area (Å²) in [4.78, 5) is 11.8. The molecule has 8 heteroatoms. The van der Waals surface area contributed by atoms with E-state index in [0.29, 0.717) is 13.0 Å². The summed E-state index contributed by atoms with van der Waals surface area (Å²) in [7, 11) is -2.19. The molecule has 1 aromatic rings. The van der Waals surface area contributed by atoms with Crippen molar-refractivity contribution in [2.75, 3.05) is 20.1 Å². The first-order valence-corrected chi connectivity index (χ1v) is 9.16. The molecular formula is C13H20N2O4S2. The minimum absolute atomic E-state index is 0.199. The van der Waals surface area contributed by atoms with Crippen LogP contribution in [-0.4, -0.2) is 50.0 Å². The van der Waals surface area contributed by atoms with Gasteiger partial charge >= 0.3 is 0 Å². The number of likely N-dealkylation sites (N-methyl/N-ethyl adjacent to an activating group) is 1. The van der Waals surface area contributed by atoms with Crippen LogP contribution in [0, 0.1) is 5.92 Å². The van der Waals surface area contributed by atoms with Crippen molar-refractivity contribution in [3.8, 4) is 0 Å². The predicted octanol–water partition coefficient (Wildman–Crippen LogP) is 0.646. The fourth-order valence-corrected chi connectivity index (χ4v) is 4.73. The largest absolute Gasteiger partial charge is 0.393 e. The second-order valence-corrected chi connectivity index (χ2v) is 8.55. The Kier molecular flexibility index (Phi) is 5.37. The van der Waals surface area contributed by atoms with Crippen molar-refractivity contribution in [3.63, 3.8) is 0 Å². The van der Waals surface area contributed by atoms with Crippen LogP contribution >= 0.6 is 11.3 Å². The molecule has 1 fully saturated rings. The van der Waals surface area contributed by atoms with Crippen LogP contribution in [0.1, 0.15) is 19.3 Å². The molecule has 0 aliphatic heterocycles. The van der Waals surface area contributed by atoms with E-state index in [1.807, 2.05) is 0 Å². The number of amides is 1. The summed E-state index contributed by atoms with van der Waals surface area (Å²) in [6.07, 6.45) is 2.09. The van der Waals surface area contributed by atoms with Gasteiger partial charge < -0.3 is 10.4 Å². The molecule has 2 rings (SSSR count). The Morgan fingerprint density at radius 2 is 2.29 bits per heavy atom. The zero-order chi connectivity index (χ0) is 15.5. The Balaban J connectivity index is 1.82. The first-order valence-electron chi connectivity index (χ1n) is 6.84. The van der Waals surface area contributed by atoms with Gasteiger partial charge in [0.25, 0.3) is 10.0 Å². The SMILES string of the molecule is CN(CC(=O)NCC1CCC(O)C1)S(=O)(=O)c1cccs1. The fourth-order valence-electron chi connectivity index (χ4n) is 2.40. The fraction of sp³-hybridized carbons (Fsp3) is 0.615. The van der Waals surface area contributed by atoms with Crippen LogP contribution in [0.5, 0.6) is 0 Å². The molecule has 0 bridgehead atoms. The highest BCUT2D eigenvalue weighted by molar-refractivity contribution is 7.91. The maximum atomic E-state index is 12.2. The third-order valence-corrected chi connectivity index (χ3v) is 6.80. The van der Waals surface area contributed by atoms with Gasteiger partial charge in [-0.3, -0.25) is 4.79 Å². The molecule has 1 saturated carbocycles. The summed E-state index contributed by atoms with van der Waals surface area (Å²) in [6.45, 7) is 0.290. The highest BCUT2D eigenvalue weighted by atomic mass is 32.2. The summed E-state index contributed by atoms with van der Waals surface area (Å²) in [5, 5.41) is 13.9. The van der Waals surface area contributed by atoms with E-state index in [2.05, 4.69) is 5.32 Å². The number of carbonyl (C=O) groups excluding carboxylic acids is 1. The molecule has 0 spiro atoms. The lowest BCUT2D eigenvalue weighted by Gasteiger charge is -2.17. The number of aliphatic hydroxyl groups is 1. The van der Waals surface area contributed by atoms with Gasteiger partial charge in [-0.2, -0.15) is 4.31 Å². The first kappa shape index (κ1) is 16.4. The number of hydrogen-bond acceptors (Lipinski definition) is 5. The maximum absolute atomic E-state index is 12.2. The van der Waals surface area contributed by atoms with Crippen molar-refractivity contribution < 1.29 is 18.3 Å². The quantitative estimate of drug-likeness (QED) is 0.801. The van der Waals surface area contributed by atoms with Gasteiger partial charge in [-0.15, -0.1) is 11.3 Å². The molecule has 118 valence electrons. The number of rotatable bonds is 6. The van der Waals surface area contributed by atoms with Crippen molar-refractivity contribution >= 4 is 27.3 Å². The highest BCUT2D eigenvalue weighted by Crippen LogP contribution is 2.24. The topological polar surface area (TPSA) is 86.7 Å². The summed E-state index contributed by atoms with van der Waals surface area (Å²) in [6, 6.07) is 3.19. The first-order chi connectivity index (χ1) is 9.89. The van der Waals surface area contributed by atoms with Crippen molar-refractivity contribution in [1.82, 2.24) is 9.62 Å². The Morgan fingerprint density at radius 3 is 2.86 bits per heavy atom. The van der Waals surface area contributed by atoms with E-state index in [-0.39, 0.29) is 28.7 Å². The van der Waals surface area contributed by atoms with Gasteiger partial charge in [-0.1, -0.05) is 6.07 Å². The predicted molar refractivity (Wildman–Crippen MR) is 80.5 cm³/mol. The van der Waals surface area contributed by atoms with Gasteiger partial charge in [-0.05, 0) is 36.6 Å². The molecular weight excluding hydrogens is 312 g/mol. The van der Waals surface area contributed by atoms with E-state index < -0.39 is 10.0 Å². The third-order valence-electron chi connectivity index (χ3n) is 3.63. The molecule has 1 aliphatic carbocycles. The van der Waals surface area contributed by atoms with E-state index in [1.165, 1.54) is 13.1 Å². The molecule has 2 atom stereocenters. The molecule has 1 amide bonds. The molecule has 0 saturated heterocycles. The summed E-state index contributed by atoms with van der Waals surface area (Å²) < 4.78 is 25.6. The highest BCUT2D eigenvalue weighted by Gasteiger charge is 2.25. The smallest absolute Gasteiger partial charge is 0.252 e. The Hall–Kier alpha value is -0.960. The van der Waals surface area contributed by atoms with Gasteiger partial charge in [0.2, 0.25) is 5.91 Å². The summed E-state index contributed by atoms with van der Waals surface area (Å²) in [5.41, 5.74) is 0. The molecule has 1 aromatic heterocycles. The molecule has 21 heavy (non-hydrogen) atoms. The lowest BCUT2D eigenvalue weighted by Crippen LogP contribution is -2.39. The molecule has 0 radical (unpaired) electrons. The second kappa shape index (κ2) is 6.87. The van der Waals surface area contributed by atoms with Gasteiger partial charge in [0.15, 0.2) is 0 Å². The molecule has 0 aromatic carbocycles. The Bertz CT molecular complexity index is 571. The van der Waals surface area contributed by atoms with E-state index in [0.717, 1.165) is 28.5 Å². The zero-order valence-corrected chi connectivity index (χ0v) is 13.5. The normalized spacial score (nSPS) is 22.6. The third kappa shape index (κ3) is 4.26. The van der Waals surface area contributed by atoms with Gasteiger partial charge in [0.05, 0.1) is 12.6 Å². The molecule has 2 unspecified atom stereocenters. The number of sulfonamides is 1. The van der Waals surface area contributed by atoms with E-state index in [4.69, 9.17) is 0 Å². The number of carbonyl (C=O) groups is 1. The standard InChI is InChI=1S/C13H20N2O4S2/c1-15(21(18,19)13-3-2-6-20-13)9-12(17)14-8-10-4-5-11(16)7-10/h2-3,6,10-11,16H,4-5,7-9H2,1H3,(H,14,17). The molecule has 1 heterocycles. The minimum atomic E-state index is -3.59. The van der Waals surface area contributed by atoms with Gasteiger partial charge in [-0.25, -0.2) is 8.42 Å². The average molecular weight is 332 g/mol. The monoisotopic (exact) mass is 332 g/mol. The molecule has 6 nitrogen and oxygen atoms in total. The number of hydrogen-bond donors (Lipinski definition) is 2. The number of aliphatic hydroxyl groups excluding tert-OH is 1. The van der Waals surface area contributed by atoms with Crippen molar-refractivity contribution in [1.29, 1.82) is 0 Å². The number of nitrogens with one attached hydrogen (secondary N) is 1. The summed E-state index contributed by atoms with van der Waals surface area (Å²) in [5.74, 6) is -0.0396. The van der Waals surface area contributed by atoms with Crippen LogP contribution in [0.15, 0.2) is 21.7 Å². The van der Waals surface area contributed by atoms with Crippen LogP contribution in [0.3, 0.4) is 0 Å². The van der Waals surface area contributed by atoms with Crippen LogP contribution in [0.25, 0.3) is 0 Å². The van der Waals surface area contributed by atoms with Crippen molar-refractivity contribution in [2.24, 2.45) is 5.92 Å². The van der Waals surface area contributed by atoms with E-state index in [1.54, 1.807) is 11.4 Å². The molecule has 2 N–H and O–H groups in total. The number of nitrogens with zero attached hydrogens (tertiary/aromatic N) is 1. The lowest BCUT2D eigenvalue weighted by molar-refractivity contribution is -0.121. The second-order valence-electron chi connectivity index (χ2n) is 5.33. The van der Waals surface area contributed by atoms with Crippen LogP contribution in [0.2, 0.25) is 0 Å². The van der Waals surface area contributed by atoms with Gasteiger partial charge in [0, 0.05) is 13.6 Å². The van der Waals surface area contributed by atoms with E-state index >= 15 is 0 Å². The van der Waals surface area contributed by atoms with Crippen molar-refractivity contribution in [2.45, 2.75) is 29.6 Å². The lowest BCUT2D eigenvalue weighted by atomic mass is 10.1. The molecule has 1 aliphatic rings. The van der Waals surface area contributed by atoms with Crippen molar-refractivity contribution in [3.05, 3.63) is 17.5 Å². The van der Waals surface area contributed by atoms with Gasteiger partial charge in [0.1, 0.15) is 4.21 Å². The van der Waals surface area contributed by atoms with Crippen LogP contribution in [-0.2, 0) is 14.8 Å². The van der Waals surface area contributed by atoms with Crippen LogP contribution < -0.4 is 5.32 Å². The Morgan fingerprint density at radius 1 is 1.52 bits per heavy atom. The summed E-state index contributed by atoms with van der Waals surface area (Å²) >= 11 is 1.13. The average Bonchev–Trinajstić information content (AvgIpc) is 3.07. The maximum Gasteiger partial charge on any atom is 0.252 e.